The smallest absolute Gasteiger partial charge is 0.339 e. The van der Waals surface area contributed by atoms with Gasteiger partial charge in [-0.3, -0.25) is 10.1 Å². The molecule has 6 heteroatoms. The van der Waals surface area contributed by atoms with Gasteiger partial charge in [0.05, 0.1) is 5.56 Å². The van der Waals surface area contributed by atoms with Crippen LogP contribution in [0.4, 0.5) is 4.79 Å². The maximum absolute atomic E-state index is 13.1. The van der Waals surface area contributed by atoms with Crippen LogP contribution in [0.3, 0.4) is 0 Å². The zero-order chi connectivity index (χ0) is 22.1. The Morgan fingerprint density at radius 2 is 1.45 bits per heavy atom. The molecule has 0 radical (unpaired) electrons. The first-order valence-corrected chi connectivity index (χ1v) is 10.0. The normalized spacial score (nSPS) is 11.3. The molecule has 0 heterocycles. The van der Waals surface area contributed by atoms with E-state index in [0.717, 1.165) is 11.1 Å². The average Bonchev–Trinajstić information content (AvgIpc) is 2.79. The SMILES string of the molecule is CCNC(=O)NC(=O)[C@H](OC(=O)c1ccccc1Cc1ccccc1)c1ccccc1. The minimum atomic E-state index is -1.26. The summed E-state index contributed by atoms with van der Waals surface area (Å²) in [5.41, 5.74) is 2.68. The van der Waals surface area contributed by atoms with Crippen molar-refractivity contribution in [3.63, 3.8) is 0 Å². The molecule has 2 N–H and O–H groups in total. The second kappa shape index (κ2) is 10.7. The molecular weight excluding hydrogens is 392 g/mol. The van der Waals surface area contributed by atoms with Gasteiger partial charge in [0.25, 0.3) is 5.91 Å². The fourth-order valence-electron chi connectivity index (χ4n) is 3.14. The number of rotatable bonds is 7. The van der Waals surface area contributed by atoms with Crippen molar-refractivity contribution in [1.82, 2.24) is 10.6 Å². The summed E-state index contributed by atoms with van der Waals surface area (Å²) in [7, 11) is 0. The van der Waals surface area contributed by atoms with Crippen LogP contribution >= 0.6 is 0 Å². The van der Waals surface area contributed by atoms with Crippen LogP contribution in [-0.4, -0.2) is 24.5 Å². The molecule has 0 aliphatic rings. The maximum atomic E-state index is 13.1. The second-order valence-corrected chi connectivity index (χ2v) is 6.86. The first-order chi connectivity index (χ1) is 15.1. The van der Waals surface area contributed by atoms with Gasteiger partial charge in [0, 0.05) is 12.1 Å². The van der Waals surface area contributed by atoms with E-state index in [0.29, 0.717) is 24.1 Å². The second-order valence-electron chi connectivity index (χ2n) is 6.86. The Morgan fingerprint density at radius 1 is 0.839 bits per heavy atom. The highest BCUT2D eigenvalue weighted by Crippen LogP contribution is 2.22. The van der Waals surface area contributed by atoms with Gasteiger partial charge in [-0.1, -0.05) is 78.9 Å². The number of hydrogen-bond acceptors (Lipinski definition) is 4. The molecule has 3 rings (SSSR count). The van der Waals surface area contributed by atoms with E-state index in [4.69, 9.17) is 4.74 Å². The first-order valence-electron chi connectivity index (χ1n) is 10.0. The number of amides is 3. The third kappa shape index (κ3) is 6.02. The lowest BCUT2D eigenvalue weighted by atomic mass is 10.00. The van der Waals surface area contributed by atoms with Gasteiger partial charge in [-0.25, -0.2) is 9.59 Å². The molecule has 3 aromatic carbocycles. The minimum Gasteiger partial charge on any atom is -0.444 e. The Kier molecular flexibility index (Phi) is 7.54. The standard InChI is InChI=1S/C25H24N2O4/c1-2-26-25(30)27-23(28)22(19-13-7-4-8-14-19)31-24(29)21-16-10-9-15-20(21)17-18-11-5-3-6-12-18/h3-16,22H,2,17H2,1H3,(H2,26,27,28,30)/t22-/m1/s1. The zero-order valence-electron chi connectivity index (χ0n) is 17.2. The number of esters is 1. The number of hydrogen-bond donors (Lipinski definition) is 2. The van der Waals surface area contributed by atoms with Gasteiger partial charge in [0.15, 0.2) is 0 Å². The topological polar surface area (TPSA) is 84.5 Å². The Morgan fingerprint density at radius 3 is 2.13 bits per heavy atom. The lowest BCUT2D eigenvalue weighted by Gasteiger charge is -2.18. The third-order valence-electron chi connectivity index (χ3n) is 4.61. The monoisotopic (exact) mass is 416 g/mol. The summed E-state index contributed by atoms with van der Waals surface area (Å²) in [5, 5.41) is 4.72. The van der Waals surface area contributed by atoms with Crippen molar-refractivity contribution in [3.05, 3.63) is 107 Å². The number of urea groups is 1. The van der Waals surface area contributed by atoms with Gasteiger partial charge in [-0.15, -0.1) is 0 Å². The number of carbonyl (C=O) groups is 3. The van der Waals surface area contributed by atoms with Crippen LogP contribution in [0.2, 0.25) is 0 Å². The predicted octanol–water partition coefficient (Wildman–Crippen LogP) is 4.02. The number of ether oxygens (including phenoxy) is 1. The highest BCUT2D eigenvalue weighted by Gasteiger charge is 2.27. The van der Waals surface area contributed by atoms with Gasteiger partial charge < -0.3 is 10.1 Å². The van der Waals surface area contributed by atoms with E-state index in [1.54, 1.807) is 49.4 Å². The molecular formula is C25H24N2O4. The zero-order valence-corrected chi connectivity index (χ0v) is 17.2. The number of nitrogens with one attached hydrogen (secondary N) is 2. The van der Waals surface area contributed by atoms with Gasteiger partial charge in [0.1, 0.15) is 0 Å². The molecule has 31 heavy (non-hydrogen) atoms. The highest BCUT2D eigenvalue weighted by molar-refractivity contribution is 5.99. The maximum Gasteiger partial charge on any atom is 0.339 e. The van der Waals surface area contributed by atoms with E-state index in [-0.39, 0.29) is 0 Å². The van der Waals surface area contributed by atoms with E-state index in [1.807, 2.05) is 42.5 Å². The number of carbonyl (C=O) groups excluding carboxylic acids is 3. The summed E-state index contributed by atoms with van der Waals surface area (Å²) in [6.45, 7) is 2.10. The first kappa shape index (κ1) is 21.8. The van der Waals surface area contributed by atoms with Crippen molar-refractivity contribution >= 4 is 17.9 Å². The Bertz CT molecular complexity index is 1040. The van der Waals surface area contributed by atoms with Crippen LogP contribution < -0.4 is 10.6 Å². The molecule has 3 amide bonds. The van der Waals surface area contributed by atoms with Gasteiger partial charge in [0.2, 0.25) is 6.10 Å². The number of benzene rings is 3. The average molecular weight is 416 g/mol. The summed E-state index contributed by atoms with van der Waals surface area (Å²) in [4.78, 5) is 37.6. The van der Waals surface area contributed by atoms with Crippen LogP contribution in [0.15, 0.2) is 84.9 Å². The van der Waals surface area contributed by atoms with Crippen molar-refractivity contribution in [3.8, 4) is 0 Å². The van der Waals surface area contributed by atoms with Crippen molar-refractivity contribution in [2.75, 3.05) is 6.54 Å². The summed E-state index contributed by atoms with van der Waals surface area (Å²) < 4.78 is 5.61. The molecule has 0 unspecified atom stereocenters. The van der Waals surface area contributed by atoms with Crippen LogP contribution in [-0.2, 0) is 16.0 Å². The summed E-state index contributed by atoms with van der Waals surface area (Å²) >= 11 is 0. The van der Waals surface area contributed by atoms with Crippen molar-refractivity contribution < 1.29 is 19.1 Å². The molecule has 0 bridgehead atoms. The third-order valence-corrected chi connectivity index (χ3v) is 4.61. The van der Waals surface area contributed by atoms with Crippen molar-refractivity contribution in [1.29, 1.82) is 0 Å². The molecule has 3 aromatic rings. The van der Waals surface area contributed by atoms with Gasteiger partial charge >= 0.3 is 12.0 Å². The fraction of sp³-hybridized carbons (Fsp3) is 0.160. The van der Waals surface area contributed by atoms with E-state index in [2.05, 4.69) is 10.6 Å². The lowest BCUT2D eigenvalue weighted by molar-refractivity contribution is -0.129. The Hall–Kier alpha value is -3.93. The molecule has 6 nitrogen and oxygen atoms in total. The highest BCUT2D eigenvalue weighted by atomic mass is 16.5. The van der Waals surface area contributed by atoms with Crippen molar-refractivity contribution in [2.24, 2.45) is 0 Å². The molecule has 0 aromatic heterocycles. The summed E-state index contributed by atoms with van der Waals surface area (Å²) in [6.07, 6.45) is -0.714. The minimum absolute atomic E-state index is 0.363. The van der Waals surface area contributed by atoms with Crippen LogP contribution in [0.25, 0.3) is 0 Å². The largest absolute Gasteiger partial charge is 0.444 e. The summed E-state index contributed by atoms with van der Waals surface area (Å²) in [5.74, 6) is -1.35. The van der Waals surface area contributed by atoms with E-state index < -0.39 is 24.0 Å². The fourth-order valence-corrected chi connectivity index (χ4v) is 3.14. The molecule has 0 saturated carbocycles. The summed E-state index contributed by atoms with van der Waals surface area (Å²) in [6, 6.07) is 24.9. The lowest BCUT2D eigenvalue weighted by Crippen LogP contribution is -2.42. The van der Waals surface area contributed by atoms with Crippen LogP contribution in [0, 0.1) is 0 Å². The molecule has 0 aliphatic heterocycles. The predicted molar refractivity (Wildman–Crippen MR) is 118 cm³/mol. The van der Waals surface area contributed by atoms with Crippen LogP contribution in [0.5, 0.6) is 0 Å². The van der Waals surface area contributed by atoms with Crippen molar-refractivity contribution in [2.45, 2.75) is 19.4 Å². The van der Waals surface area contributed by atoms with E-state index >= 15 is 0 Å². The molecule has 0 aliphatic carbocycles. The van der Waals surface area contributed by atoms with Crippen LogP contribution in [0.1, 0.15) is 40.1 Å². The van der Waals surface area contributed by atoms with E-state index in [1.165, 1.54) is 0 Å². The molecule has 1 atom stereocenters. The Balaban J connectivity index is 1.84. The quantitative estimate of drug-likeness (QED) is 0.570. The Labute approximate surface area is 181 Å². The molecule has 0 spiro atoms. The molecule has 0 saturated heterocycles. The molecule has 0 fully saturated rings. The molecule has 158 valence electrons. The van der Waals surface area contributed by atoms with E-state index in [9.17, 15) is 14.4 Å². The van der Waals surface area contributed by atoms with Gasteiger partial charge in [-0.05, 0) is 30.5 Å². The number of imide groups is 1. The van der Waals surface area contributed by atoms with Gasteiger partial charge in [-0.2, -0.15) is 0 Å².